The van der Waals surface area contributed by atoms with Crippen LogP contribution in [0.2, 0.25) is 0 Å². The van der Waals surface area contributed by atoms with E-state index in [0.717, 1.165) is 11.3 Å². The van der Waals surface area contributed by atoms with Gasteiger partial charge < -0.3 is 14.2 Å². The number of hydrogen-bond acceptors (Lipinski definition) is 5. The predicted molar refractivity (Wildman–Crippen MR) is 71.3 cm³/mol. The van der Waals surface area contributed by atoms with E-state index < -0.39 is 11.9 Å². The highest BCUT2D eigenvalue weighted by molar-refractivity contribution is 5.78. The molecule has 5 heteroatoms. The smallest absolute Gasteiger partial charge is 0.344 e. The summed E-state index contributed by atoms with van der Waals surface area (Å²) in [5, 5.41) is 0. The quantitative estimate of drug-likeness (QED) is 0.785. The van der Waals surface area contributed by atoms with Gasteiger partial charge in [0.05, 0.1) is 12.0 Å². The molecule has 2 rings (SSSR count). The summed E-state index contributed by atoms with van der Waals surface area (Å²) in [5.41, 5.74) is 0.977. The van der Waals surface area contributed by atoms with E-state index in [-0.39, 0.29) is 25.2 Å². The van der Waals surface area contributed by atoms with Gasteiger partial charge in [-0.25, -0.2) is 4.79 Å². The number of carbonyl (C=O) groups excluding carboxylic acids is 2. The molecule has 108 valence electrons. The van der Waals surface area contributed by atoms with Gasteiger partial charge in [0.1, 0.15) is 12.4 Å². The molecule has 0 saturated heterocycles. The summed E-state index contributed by atoms with van der Waals surface area (Å²) in [6, 6.07) is 7.58. The lowest BCUT2D eigenvalue weighted by Gasteiger charge is -2.23. The minimum Gasteiger partial charge on any atom is -0.492 e. The fourth-order valence-electron chi connectivity index (χ4n) is 2.02. The molecule has 0 saturated carbocycles. The van der Waals surface area contributed by atoms with E-state index in [1.54, 1.807) is 13.8 Å². The molecule has 1 unspecified atom stereocenters. The molecule has 0 radical (unpaired) electrons. The fourth-order valence-corrected chi connectivity index (χ4v) is 2.02. The first kappa shape index (κ1) is 14.4. The van der Waals surface area contributed by atoms with Gasteiger partial charge in [0.25, 0.3) is 0 Å². The highest BCUT2D eigenvalue weighted by Crippen LogP contribution is 2.27. The summed E-state index contributed by atoms with van der Waals surface area (Å²) in [4.78, 5) is 23.2. The molecule has 1 aromatic carbocycles. The van der Waals surface area contributed by atoms with Crippen molar-refractivity contribution in [2.24, 2.45) is 5.92 Å². The van der Waals surface area contributed by atoms with Crippen molar-refractivity contribution in [1.29, 1.82) is 0 Å². The van der Waals surface area contributed by atoms with Crippen LogP contribution in [0, 0.1) is 5.92 Å². The maximum Gasteiger partial charge on any atom is 0.344 e. The molecule has 0 bridgehead atoms. The third-order valence-electron chi connectivity index (χ3n) is 2.91. The highest BCUT2D eigenvalue weighted by atomic mass is 16.6. The third kappa shape index (κ3) is 3.73. The van der Waals surface area contributed by atoms with Crippen molar-refractivity contribution in [3.63, 3.8) is 0 Å². The first-order chi connectivity index (χ1) is 9.56. The van der Waals surface area contributed by atoms with Crippen LogP contribution < -0.4 is 4.74 Å². The van der Waals surface area contributed by atoms with E-state index in [2.05, 4.69) is 0 Å². The van der Waals surface area contributed by atoms with Crippen LogP contribution in [0.4, 0.5) is 0 Å². The van der Waals surface area contributed by atoms with Gasteiger partial charge in [-0.05, 0) is 31.9 Å². The summed E-state index contributed by atoms with van der Waals surface area (Å²) in [6.45, 7) is 3.40. The van der Waals surface area contributed by atoms with Crippen LogP contribution in [0.3, 0.4) is 0 Å². The van der Waals surface area contributed by atoms with Crippen LogP contribution in [0.1, 0.15) is 19.4 Å². The second-order valence-corrected chi connectivity index (χ2v) is 4.97. The zero-order valence-electron chi connectivity index (χ0n) is 11.6. The van der Waals surface area contributed by atoms with Crippen molar-refractivity contribution in [1.82, 2.24) is 0 Å². The number of hydrogen-bond donors (Lipinski definition) is 0. The number of esters is 2. The van der Waals surface area contributed by atoms with Crippen molar-refractivity contribution in [3.8, 4) is 5.75 Å². The molecule has 0 aliphatic carbocycles. The van der Waals surface area contributed by atoms with E-state index in [1.165, 1.54) is 0 Å². The molecule has 5 nitrogen and oxygen atoms in total. The SMILES string of the molecule is CC(C)OC(=O)COC(=O)C1COc2ccccc2C1. The van der Waals surface area contributed by atoms with Gasteiger partial charge in [0.2, 0.25) is 0 Å². The number of benzene rings is 1. The van der Waals surface area contributed by atoms with Crippen LogP contribution in [-0.2, 0) is 25.5 Å². The van der Waals surface area contributed by atoms with Crippen molar-refractivity contribution in [2.75, 3.05) is 13.2 Å². The first-order valence-electron chi connectivity index (χ1n) is 6.63. The first-order valence-corrected chi connectivity index (χ1v) is 6.63. The molecule has 0 aromatic heterocycles. The predicted octanol–water partition coefficient (Wildman–Crippen LogP) is 1.73. The molecule has 1 atom stereocenters. The highest BCUT2D eigenvalue weighted by Gasteiger charge is 2.27. The van der Waals surface area contributed by atoms with E-state index in [9.17, 15) is 9.59 Å². The van der Waals surface area contributed by atoms with Crippen LogP contribution in [-0.4, -0.2) is 31.3 Å². The maximum absolute atomic E-state index is 11.9. The van der Waals surface area contributed by atoms with Gasteiger partial charge in [0, 0.05) is 0 Å². The van der Waals surface area contributed by atoms with E-state index in [1.807, 2.05) is 24.3 Å². The van der Waals surface area contributed by atoms with E-state index in [0.29, 0.717) is 6.42 Å². The summed E-state index contributed by atoms with van der Waals surface area (Å²) in [7, 11) is 0. The van der Waals surface area contributed by atoms with Crippen LogP contribution in [0.5, 0.6) is 5.75 Å². The van der Waals surface area contributed by atoms with E-state index in [4.69, 9.17) is 14.2 Å². The summed E-state index contributed by atoms with van der Waals surface area (Å²) in [6.07, 6.45) is 0.347. The monoisotopic (exact) mass is 278 g/mol. The van der Waals surface area contributed by atoms with Gasteiger partial charge in [-0.2, -0.15) is 0 Å². The lowest BCUT2D eigenvalue weighted by atomic mass is 9.97. The van der Waals surface area contributed by atoms with Crippen molar-refractivity contribution in [3.05, 3.63) is 29.8 Å². The second-order valence-electron chi connectivity index (χ2n) is 4.97. The largest absolute Gasteiger partial charge is 0.492 e. The number of fused-ring (bicyclic) bond motifs is 1. The average molecular weight is 278 g/mol. The molecular formula is C15H18O5. The van der Waals surface area contributed by atoms with Crippen LogP contribution in [0.15, 0.2) is 24.3 Å². The molecule has 20 heavy (non-hydrogen) atoms. The Bertz CT molecular complexity index is 495. The summed E-state index contributed by atoms with van der Waals surface area (Å²) < 4.78 is 15.4. The van der Waals surface area contributed by atoms with Gasteiger partial charge in [-0.15, -0.1) is 0 Å². The molecule has 0 fully saturated rings. The summed E-state index contributed by atoms with van der Waals surface area (Å²) >= 11 is 0. The third-order valence-corrected chi connectivity index (χ3v) is 2.91. The standard InChI is InChI=1S/C15H18O5/c1-10(2)20-14(16)9-19-15(17)12-7-11-5-3-4-6-13(11)18-8-12/h3-6,10,12H,7-9H2,1-2H3. The van der Waals surface area contributed by atoms with Gasteiger partial charge in [-0.1, -0.05) is 18.2 Å². The molecule has 1 aliphatic heterocycles. The Labute approximate surface area is 117 Å². The second kappa shape index (κ2) is 6.41. The fraction of sp³-hybridized carbons (Fsp3) is 0.467. The van der Waals surface area contributed by atoms with Crippen LogP contribution in [0.25, 0.3) is 0 Å². The number of rotatable bonds is 4. The van der Waals surface area contributed by atoms with Crippen molar-refractivity contribution < 1.29 is 23.8 Å². The van der Waals surface area contributed by atoms with E-state index >= 15 is 0 Å². The molecular weight excluding hydrogens is 260 g/mol. The number of carbonyl (C=O) groups is 2. The van der Waals surface area contributed by atoms with Gasteiger partial charge in [-0.3, -0.25) is 4.79 Å². The topological polar surface area (TPSA) is 61.8 Å². The molecule has 0 amide bonds. The normalized spacial score (nSPS) is 17.1. The average Bonchev–Trinajstić information content (AvgIpc) is 2.43. The number of para-hydroxylation sites is 1. The molecule has 0 N–H and O–H groups in total. The molecule has 1 aliphatic rings. The van der Waals surface area contributed by atoms with Crippen molar-refractivity contribution in [2.45, 2.75) is 26.4 Å². The zero-order valence-corrected chi connectivity index (χ0v) is 11.6. The Morgan fingerprint density at radius 2 is 2.10 bits per heavy atom. The van der Waals surface area contributed by atoms with Gasteiger partial charge >= 0.3 is 11.9 Å². The Morgan fingerprint density at radius 1 is 1.35 bits per heavy atom. The molecule has 1 heterocycles. The Hall–Kier alpha value is -2.04. The lowest BCUT2D eigenvalue weighted by Crippen LogP contribution is -2.31. The summed E-state index contributed by atoms with van der Waals surface area (Å²) in [5.74, 6) is -0.543. The lowest BCUT2D eigenvalue weighted by molar-refractivity contribution is -0.164. The van der Waals surface area contributed by atoms with Crippen LogP contribution >= 0.6 is 0 Å². The van der Waals surface area contributed by atoms with Crippen molar-refractivity contribution >= 4 is 11.9 Å². The minimum absolute atomic E-state index is 0.217. The Kier molecular flexibility index (Phi) is 4.61. The molecule has 0 spiro atoms. The van der Waals surface area contributed by atoms with Gasteiger partial charge in [0.15, 0.2) is 6.61 Å². The Morgan fingerprint density at radius 3 is 2.85 bits per heavy atom. The Balaban J connectivity index is 1.84. The zero-order chi connectivity index (χ0) is 14.5. The maximum atomic E-state index is 11.9. The minimum atomic E-state index is -0.537. The number of ether oxygens (including phenoxy) is 3. The molecule has 1 aromatic rings.